The third-order valence-corrected chi connectivity index (χ3v) is 4.80. The van der Waals surface area contributed by atoms with Gasteiger partial charge in [0.2, 0.25) is 5.91 Å². The molecule has 1 saturated carbocycles. The summed E-state index contributed by atoms with van der Waals surface area (Å²) in [5.74, 6) is -0.387. The molecule has 20 heavy (non-hydrogen) atoms. The van der Waals surface area contributed by atoms with Crippen LogP contribution in [0.15, 0.2) is 0 Å². The molecule has 114 valence electrons. The van der Waals surface area contributed by atoms with E-state index in [0.29, 0.717) is 25.4 Å². The van der Waals surface area contributed by atoms with Gasteiger partial charge in [-0.25, -0.2) is 0 Å². The highest BCUT2D eigenvalue weighted by Gasteiger charge is 2.42. The maximum Gasteiger partial charge on any atom is 0.311 e. The largest absolute Gasteiger partial charge is 0.481 e. The number of hydrogen-bond acceptors (Lipinski definition) is 3. The van der Waals surface area contributed by atoms with Gasteiger partial charge in [-0.05, 0) is 32.1 Å². The molecule has 2 fully saturated rings. The fraction of sp³-hybridized carbons (Fsp3) is 0.867. The second-order valence-corrected chi connectivity index (χ2v) is 6.54. The average molecular weight is 283 g/mol. The maximum atomic E-state index is 12.1. The summed E-state index contributed by atoms with van der Waals surface area (Å²) in [7, 11) is 0. The standard InChI is InChI=1S/C15H25NO4/c1-11-5-3-4-6-12(11)20-9-13(17)16-8-7-15(2,10-16)14(18)19/h11-12H,3-10H2,1-2H3,(H,18,19). The lowest BCUT2D eigenvalue weighted by atomic mass is 9.88. The normalized spacial score (nSPS) is 34.2. The van der Waals surface area contributed by atoms with Crippen molar-refractivity contribution in [1.82, 2.24) is 4.90 Å². The van der Waals surface area contributed by atoms with Crippen LogP contribution in [-0.4, -0.2) is 47.7 Å². The molecule has 3 atom stereocenters. The summed E-state index contributed by atoms with van der Waals surface area (Å²) < 4.78 is 5.76. The molecule has 0 bridgehead atoms. The molecule has 1 aliphatic heterocycles. The first kappa shape index (κ1) is 15.3. The molecule has 5 heteroatoms. The topological polar surface area (TPSA) is 66.8 Å². The molecule has 1 heterocycles. The number of rotatable bonds is 4. The number of carboxylic acid groups (broad SMARTS) is 1. The van der Waals surface area contributed by atoms with Crippen LogP contribution >= 0.6 is 0 Å². The van der Waals surface area contributed by atoms with E-state index in [2.05, 4.69) is 6.92 Å². The molecule has 2 aliphatic rings. The molecule has 0 aromatic rings. The Balaban J connectivity index is 1.80. The Labute approximate surface area is 120 Å². The molecule has 3 unspecified atom stereocenters. The van der Waals surface area contributed by atoms with E-state index in [0.717, 1.165) is 6.42 Å². The highest BCUT2D eigenvalue weighted by atomic mass is 16.5. The van der Waals surface area contributed by atoms with Crippen LogP contribution in [0.5, 0.6) is 0 Å². The lowest BCUT2D eigenvalue weighted by molar-refractivity contribution is -0.148. The van der Waals surface area contributed by atoms with Gasteiger partial charge in [-0.1, -0.05) is 19.8 Å². The van der Waals surface area contributed by atoms with Crippen molar-refractivity contribution in [3.8, 4) is 0 Å². The number of ether oxygens (including phenoxy) is 1. The van der Waals surface area contributed by atoms with E-state index >= 15 is 0 Å². The predicted octanol–water partition coefficient (Wildman–Crippen LogP) is 1.90. The molecule has 1 amide bonds. The number of amides is 1. The first-order valence-corrected chi connectivity index (χ1v) is 7.55. The third kappa shape index (κ3) is 3.32. The van der Waals surface area contributed by atoms with Gasteiger partial charge in [0, 0.05) is 13.1 Å². The van der Waals surface area contributed by atoms with E-state index in [4.69, 9.17) is 4.74 Å². The first-order valence-electron chi connectivity index (χ1n) is 7.55. The number of carbonyl (C=O) groups is 2. The zero-order chi connectivity index (χ0) is 14.8. The van der Waals surface area contributed by atoms with E-state index in [9.17, 15) is 14.7 Å². The fourth-order valence-electron chi connectivity index (χ4n) is 3.15. The molecule has 0 aromatic carbocycles. The van der Waals surface area contributed by atoms with Gasteiger partial charge in [0.25, 0.3) is 0 Å². The number of carboxylic acids is 1. The first-order chi connectivity index (χ1) is 9.42. The number of carbonyl (C=O) groups excluding carboxylic acids is 1. The van der Waals surface area contributed by atoms with Gasteiger partial charge in [0.15, 0.2) is 0 Å². The Morgan fingerprint density at radius 2 is 2.05 bits per heavy atom. The summed E-state index contributed by atoms with van der Waals surface area (Å²) in [6, 6.07) is 0. The Bertz CT molecular complexity index is 384. The number of likely N-dealkylation sites (tertiary alicyclic amines) is 1. The van der Waals surface area contributed by atoms with Crippen molar-refractivity contribution >= 4 is 11.9 Å². The van der Waals surface area contributed by atoms with Gasteiger partial charge in [-0.2, -0.15) is 0 Å². The van der Waals surface area contributed by atoms with Crippen molar-refractivity contribution in [2.24, 2.45) is 11.3 Å². The quantitative estimate of drug-likeness (QED) is 0.855. The number of nitrogens with zero attached hydrogens (tertiary/aromatic N) is 1. The van der Waals surface area contributed by atoms with Crippen molar-refractivity contribution in [1.29, 1.82) is 0 Å². The van der Waals surface area contributed by atoms with Gasteiger partial charge in [0.05, 0.1) is 11.5 Å². The summed E-state index contributed by atoms with van der Waals surface area (Å²) in [5, 5.41) is 9.17. The van der Waals surface area contributed by atoms with E-state index in [1.807, 2.05) is 0 Å². The summed E-state index contributed by atoms with van der Waals surface area (Å²) in [5.41, 5.74) is -0.798. The van der Waals surface area contributed by atoms with Gasteiger partial charge in [-0.15, -0.1) is 0 Å². The van der Waals surface area contributed by atoms with Crippen molar-refractivity contribution in [2.75, 3.05) is 19.7 Å². The van der Waals surface area contributed by atoms with Crippen LogP contribution in [0.25, 0.3) is 0 Å². The van der Waals surface area contributed by atoms with Gasteiger partial charge in [0.1, 0.15) is 6.61 Å². The summed E-state index contributed by atoms with van der Waals surface area (Å²) in [4.78, 5) is 24.9. The fourth-order valence-corrected chi connectivity index (χ4v) is 3.15. The van der Waals surface area contributed by atoms with Gasteiger partial charge < -0.3 is 14.7 Å². The van der Waals surface area contributed by atoms with Crippen LogP contribution in [0.4, 0.5) is 0 Å². The Morgan fingerprint density at radius 3 is 2.65 bits per heavy atom. The SMILES string of the molecule is CC1CCCCC1OCC(=O)N1CCC(C)(C(=O)O)C1. The van der Waals surface area contributed by atoms with E-state index in [1.54, 1.807) is 11.8 Å². The van der Waals surface area contributed by atoms with Crippen LogP contribution in [0.2, 0.25) is 0 Å². The average Bonchev–Trinajstić information content (AvgIpc) is 2.82. The summed E-state index contributed by atoms with van der Waals surface area (Å²) >= 11 is 0. The molecule has 0 radical (unpaired) electrons. The molecule has 0 spiro atoms. The van der Waals surface area contributed by atoms with Crippen LogP contribution in [0.1, 0.15) is 46.0 Å². The second-order valence-electron chi connectivity index (χ2n) is 6.54. The minimum absolute atomic E-state index is 0.0762. The Kier molecular flexibility index (Phi) is 4.68. The molecule has 1 N–H and O–H groups in total. The summed E-state index contributed by atoms with van der Waals surface area (Å²) in [6.45, 7) is 4.78. The number of aliphatic carboxylic acids is 1. The molecular weight excluding hydrogens is 258 g/mol. The monoisotopic (exact) mass is 283 g/mol. The van der Waals surface area contributed by atoms with Crippen molar-refractivity contribution in [3.63, 3.8) is 0 Å². The van der Waals surface area contributed by atoms with Crippen LogP contribution in [-0.2, 0) is 14.3 Å². The second kappa shape index (κ2) is 6.12. The zero-order valence-electron chi connectivity index (χ0n) is 12.4. The van der Waals surface area contributed by atoms with Crippen molar-refractivity contribution in [2.45, 2.75) is 52.1 Å². The molecule has 0 aromatic heterocycles. The predicted molar refractivity (Wildman–Crippen MR) is 74.3 cm³/mol. The minimum atomic E-state index is -0.824. The molecular formula is C15H25NO4. The van der Waals surface area contributed by atoms with Crippen LogP contribution in [0.3, 0.4) is 0 Å². The lowest BCUT2D eigenvalue weighted by Gasteiger charge is -2.29. The van der Waals surface area contributed by atoms with E-state index < -0.39 is 11.4 Å². The number of hydrogen-bond donors (Lipinski definition) is 1. The van der Waals surface area contributed by atoms with E-state index in [1.165, 1.54) is 19.3 Å². The smallest absolute Gasteiger partial charge is 0.311 e. The molecule has 1 aliphatic carbocycles. The third-order valence-electron chi connectivity index (χ3n) is 4.80. The Hall–Kier alpha value is -1.10. The highest BCUT2D eigenvalue weighted by molar-refractivity contribution is 5.81. The molecule has 2 rings (SSSR count). The summed E-state index contributed by atoms with van der Waals surface area (Å²) in [6.07, 6.45) is 5.32. The van der Waals surface area contributed by atoms with Crippen LogP contribution < -0.4 is 0 Å². The Morgan fingerprint density at radius 1 is 1.35 bits per heavy atom. The van der Waals surface area contributed by atoms with Crippen molar-refractivity contribution in [3.05, 3.63) is 0 Å². The lowest BCUT2D eigenvalue weighted by Crippen LogP contribution is -2.38. The van der Waals surface area contributed by atoms with Crippen molar-refractivity contribution < 1.29 is 19.4 Å². The van der Waals surface area contributed by atoms with Gasteiger partial charge in [-0.3, -0.25) is 9.59 Å². The molecule has 1 saturated heterocycles. The van der Waals surface area contributed by atoms with Gasteiger partial charge >= 0.3 is 5.97 Å². The molecule has 5 nitrogen and oxygen atoms in total. The highest BCUT2D eigenvalue weighted by Crippen LogP contribution is 2.30. The minimum Gasteiger partial charge on any atom is -0.481 e. The van der Waals surface area contributed by atoms with E-state index in [-0.39, 0.29) is 18.6 Å². The zero-order valence-corrected chi connectivity index (χ0v) is 12.4. The maximum absolute atomic E-state index is 12.1. The van der Waals surface area contributed by atoms with Crippen LogP contribution in [0, 0.1) is 11.3 Å².